The monoisotopic (exact) mass is 140 g/mol. The van der Waals surface area contributed by atoms with Crippen LogP contribution in [0.2, 0.25) is 0 Å². The maximum absolute atomic E-state index is 5.49. The fraction of sp³-hybridized carbons (Fsp3) is 1.00. The van der Waals surface area contributed by atoms with E-state index in [1.807, 2.05) is 0 Å². The molecule has 4 atom stereocenters. The SMILES string of the molecule is C1CC2CC1COC1OC21. The second-order valence-corrected chi connectivity index (χ2v) is 3.74. The minimum atomic E-state index is 0.204. The van der Waals surface area contributed by atoms with Gasteiger partial charge in [0.15, 0.2) is 6.29 Å². The lowest BCUT2D eigenvalue weighted by Crippen LogP contribution is -2.07. The smallest absolute Gasteiger partial charge is 0.184 e. The lowest BCUT2D eigenvalue weighted by atomic mass is 10.0. The Morgan fingerprint density at radius 3 is 3.20 bits per heavy atom. The lowest BCUT2D eigenvalue weighted by molar-refractivity contribution is 0.0291. The van der Waals surface area contributed by atoms with Crippen LogP contribution in [0.4, 0.5) is 0 Å². The average Bonchev–Trinajstić information content (AvgIpc) is 2.55. The van der Waals surface area contributed by atoms with Crippen molar-refractivity contribution in [1.29, 1.82) is 0 Å². The Hall–Kier alpha value is -0.0800. The highest BCUT2D eigenvalue weighted by Crippen LogP contribution is 2.45. The molecule has 2 saturated heterocycles. The van der Waals surface area contributed by atoms with Crippen molar-refractivity contribution in [2.45, 2.75) is 31.7 Å². The molecule has 10 heavy (non-hydrogen) atoms. The van der Waals surface area contributed by atoms with Crippen LogP contribution in [0.15, 0.2) is 0 Å². The van der Waals surface area contributed by atoms with Crippen LogP contribution >= 0.6 is 0 Å². The fourth-order valence-electron chi connectivity index (χ4n) is 2.37. The molecule has 0 amide bonds. The van der Waals surface area contributed by atoms with Crippen LogP contribution in [-0.4, -0.2) is 19.0 Å². The number of ether oxygens (including phenoxy) is 2. The standard InChI is InChI=1S/C8H12O2/c1-2-6-3-5(1)4-9-8-7(6)10-8/h5-8H,1-4H2. The van der Waals surface area contributed by atoms with Crippen molar-refractivity contribution in [1.82, 2.24) is 0 Å². The van der Waals surface area contributed by atoms with Gasteiger partial charge in [-0.1, -0.05) is 0 Å². The van der Waals surface area contributed by atoms with Crippen LogP contribution in [0, 0.1) is 11.8 Å². The molecule has 0 spiro atoms. The van der Waals surface area contributed by atoms with Gasteiger partial charge in [-0.15, -0.1) is 0 Å². The molecule has 0 aromatic rings. The highest BCUT2D eigenvalue weighted by atomic mass is 16.8. The van der Waals surface area contributed by atoms with E-state index in [0.717, 1.165) is 18.4 Å². The van der Waals surface area contributed by atoms with Crippen molar-refractivity contribution < 1.29 is 9.47 Å². The zero-order valence-corrected chi connectivity index (χ0v) is 5.95. The van der Waals surface area contributed by atoms with Crippen molar-refractivity contribution in [2.24, 2.45) is 11.8 Å². The number of hydrogen-bond donors (Lipinski definition) is 0. The summed E-state index contributed by atoms with van der Waals surface area (Å²) in [6.07, 6.45) is 4.82. The number of fused-ring (bicyclic) bond motifs is 4. The van der Waals surface area contributed by atoms with Crippen LogP contribution < -0.4 is 0 Å². The molecule has 2 heterocycles. The molecule has 56 valence electrons. The Morgan fingerprint density at radius 1 is 1.20 bits per heavy atom. The Morgan fingerprint density at radius 2 is 2.20 bits per heavy atom. The maximum Gasteiger partial charge on any atom is 0.184 e. The summed E-state index contributed by atoms with van der Waals surface area (Å²) >= 11 is 0. The first-order valence-corrected chi connectivity index (χ1v) is 4.20. The van der Waals surface area contributed by atoms with Crippen LogP contribution in [0.5, 0.6) is 0 Å². The van der Waals surface area contributed by atoms with E-state index in [1.54, 1.807) is 0 Å². The zero-order chi connectivity index (χ0) is 6.55. The van der Waals surface area contributed by atoms with Gasteiger partial charge in [0.05, 0.1) is 6.61 Å². The summed E-state index contributed by atoms with van der Waals surface area (Å²) in [5.74, 6) is 1.71. The minimum Gasteiger partial charge on any atom is -0.350 e. The maximum atomic E-state index is 5.49. The van der Waals surface area contributed by atoms with Crippen molar-refractivity contribution >= 4 is 0 Å². The van der Waals surface area contributed by atoms with Crippen LogP contribution in [0.3, 0.4) is 0 Å². The molecule has 1 aliphatic carbocycles. The molecule has 2 bridgehead atoms. The predicted octanol–water partition coefficient (Wildman–Crippen LogP) is 1.16. The highest BCUT2D eigenvalue weighted by Gasteiger charge is 2.51. The Bertz CT molecular complexity index is 157. The molecule has 3 aliphatic rings. The normalized spacial score (nSPS) is 57.6. The van der Waals surface area contributed by atoms with Crippen LogP contribution in [0.25, 0.3) is 0 Å². The molecule has 3 rings (SSSR count). The largest absolute Gasteiger partial charge is 0.350 e. The van der Waals surface area contributed by atoms with E-state index in [-0.39, 0.29) is 6.29 Å². The van der Waals surface area contributed by atoms with E-state index in [1.165, 1.54) is 19.3 Å². The summed E-state index contributed by atoms with van der Waals surface area (Å²) < 4.78 is 10.9. The van der Waals surface area contributed by atoms with E-state index >= 15 is 0 Å². The average molecular weight is 140 g/mol. The van der Waals surface area contributed by atoms with Gasteiger partial charge in [-0.2, -0.15) is 0 Å². The number of hydrogen-bond acceptors (Lipinski definition) is 2. The third-order valence-corrected chi connectivity index (χ3v) is 3.03. The van der Waals surface area contributed by atoms with E-state index in [2.05, 4.69) is 0 Å². The van der Waals surface area contributed by atoms with Crippen LogP contribution in [-0.2, 0) is 9.47 Å². The van der Waals surface area contributed by atoms with Crippen LogP contribution in [0.1, 0.15) is 19.3 Å². The summed E-state index contributed by atoms with van der Waals surface area (Å²) in [6.45, 7) is 0.956. The molecular weight excluding hydrogens is 128 g/mol. The molecule has 0 N–H and O–H groups in total. The molecule has 1 saturated carbocycles. The van der Waals surface area contributed by atoms with Gasteiger partial charge in [0.25, 0.3) is 0 Å². The topological polar surface area (TPSA) is 21.8 Å². The summed E-state index contributed by atoms with van der Waals surface area (Å²) in [5.41, 5.74) is 0. The van der Waals surface area contributed by atoms with Gasteiger partial charge in [0.2, 0.25) is 0 Å². The molecule has 2 nitrogen and oxygen atoms in total. The van der Waals surface area contributed by atoms with E-state index in [4.69, 9.17) is 9.47 Å². The summed E-state index contributed by atoms with van der Waals surface area (Å²) in [4.78, 5) is 0. The summed E-state index contributed by atoms with van der Waals surface area (Å²) in [5, 5.41) is 0. The van der Waals surface area contributed by atoms with Gasteiger partial charge in [-0.25, -0.2) is 0 Å². The van der Waals surface area contributed by atoms with Gasteiger partial charge >= 0.3 is 0 Å². The second kappa shape index (κ2) is 1.74. The van der Waals surface area contributed by atoms with Crippen molar-refractivity contribution in [3.05, 3.63) is 0 Å². The first kappa shape index (κ1) is 5.56. The molecule has 0 radical (unpaired) electrons. The molecule has 0 aromatic heterocycles. The molecular formula is C8H12O2. The Kier molecular flexibility index (Phi) is 0.968. The first-order chi connectivity index (χ1) is 4.93. The molecule has 2 heteroatoms. The second-order valence-electron chi connectivity index (χ2n) is 3.74. The Balaban J connectivity index is 1.83. The van der Waals surface area contributed by atoms with E-state index < -0.39 is 0 Å². The highest BCUT2D eigenvalue weighted by molar-refractivity contribution is 4.92. The molecule has 3 fully saturated rings. The molecule has 2 aliphatic heterocycles. The minimum absolute atomic E-state index is 0.204. The van der Waals surface area contributed by atoms with E-state index in [9.17, 15) is 0 Å². The van der Waals surface area contributed by atoms with Gasteiger partial charge < -0.3 is 9.47 Å². The van der Waals surface area contributed by atoms with Gasteiger partial charge in [-0.3, -0.25) is 0 Å². The predicted molar refractivity (Wildman–Crippen MR) is 35.4 cm³/mol. The van der Waals surface area contributed by atoms with Gasteiger partial charge in [-0.05, 0) is 31.1 Å². The van der Waals surface area contributed by atoms with Crippen molar-refractivity contribution in [3.63, 3.8) is 0 Å². The number of rotatable bonds is 0. The van der Waals surface area contributed by atoms with E-state index in [0.29, 0.717) is 6.10 Å². The number of epoxide rings is 1. The third kappa shape index (κ3) is 0.663. The van der Waals surface area contributed by atoms with Gasteiger partial charge in [0, 0.05) is 0 Å². The zero-order valence-electron chi connectivity index (χ0n) is 5.95. The summed E-state index contributed by atoms with van der Waals surface area (Å²) in [7, 11) is 0. The molecule has 4 unspecified atom stereocenters. The van der Waals surface area contributed by atoms with Crippen molar-refractivity contribution in [3.8, 4) is 0 Å². The third-order valence-electron chi connectivity index (χ3n) is 3.03. The quantitative estimate of drug-likeness (QED) is 0.471. The first-order valence-electron chi connectivity index (χ1n) is 4.20. The van der Waals surface area contributed by atoms with Gasteiger partial charge in [0.1, 0.15) is 6.10 Å². The summed E-state index contributed by atoms with van der Waals surface area (Å²) in [6, 6.07) is 0. The van der Waals surface area contributed by atoms with Crippen molar-refractivity contribution in [2.75, 3.05) is 6.61 Å². The fourth-order valence-corrected chi connectivity index (χ4v) is 2.37. The Labute approximate surface area is 60.5 Å². The molecule has 0 aromatic carbocycles. The lowest BCUT2D eigenvalue weighted by Gasteiger charge is -2.05.